The molecule has 2 heterocycles. The maximum Gasteiger partial charge on any atom is 0.316 e. The normalized spacial score (nSPS) is 24.1. The van der Waals surface area contributed by atoms with Crippen molar-refractivity contribution in [2.45, 2.75) is 101 Å². The van der Waals surface area contributed by atoms with E-state index < -0.39 is 0 Å². The van der Waals surface area contributed by atoms with Crippen LogP contribution in [0.4, 0.5) is 0 Å². The van der Waals surface area contributed by atoms with E-state index in [-0.39, 0.29) is 11.9 Å². The van der Waals surface area contributed by atoms with Crippen molar-refractivity contribution in [2.75, 3.05) is 11.5 Å². The van der Waals surface area contributed by atoms with E-state index in [2.05, 4.69) is 23.8 Å². The highest BCUT2D eigenvalue weighted by Crippen LogP contribution is 2.38. The maximum absolute atomic E-state index is 12.7. The highest BCUT2D eigenvalue weighted by atomic mass is 32.2. The molecule has 2 fully saturated rings. The summed E-state index contributed by atoms with van der Waals surface area (Å²) >= 11 is 3.84. The van der Waals surface area contributed by atoms with Gasteiger partial charge in [-0.2, -0.15) is 0 Å². The fourth-order valence-electron chi connectivity index (χ4n) is 5.44. The van der Waals surface area contributed by atoms with Gasteiger partial charge in [0.15, 0.2) is 5.82 Å². The van der Waals surface area contributed by atoms with Crippen LogP contribution in [0.15, 0.2) is 36.7 Å². The van der Waals surface area contributed by atoms with E-state index in [0.717, 1.165) is 28.8 Å². The first-order valence-corrected chi connectivity index (χ1v) is 16.6. The number of aromatic nitrogens is 2. The second kappa shape index (κ2) is 15.2. The number of carbonyl (C=O) groups is 1. The Morgan fingerprint density at radius 3 is 2.11 bits per heavy atom. The zero-order valence-corrected chi connectivity index (χ0v) is 24.3. The molecule has 37 heavy (non-hydrogen) atoms. The van der Waals surface area contributed by atoms with Crippen molar-refractivity contribution in [1.29, 1.82) is 0 Å². The molecule has 0 bridgehead atoms. The summed E-state index contributed by atoms with van der Waals surface area (Å²) in [5.41, 5.74) is 2.22. The summed E-state index contributed by atoms with van der Waals surface area (Å²) in [5, 5.41) is 0. The number of unbranched alkanes of at least 4 members (excludes halogenated alkanes) is 4. The quantitative estimate of drug-likeness (QED) is 0.152. The van der Waals surface area contributed by atoms with Gasteiger partial charge in [-0.1, -0.05) is 58.8 Å². The average Bonchev–Trinajstić information content (AvgIpc) is 2.95. The molecule has 1 saturated carbocycles. The van der Waals surface area contributed by atoms with Gasteiger partial charge in [0.05, 0.1) is 10.5 Å². The zero-order chi connectivity index (χ0) is 25.9. The van der Waals surface area contributed by atoms with Gasteiger partial charge in [-0.3, -0.25) is 4.79 Å². The van der Waals surface area contributed by atoms with Crippen LogP contribution in [0.5, 0.6) is 5.75 Å². The Bertz CT molecular complexity index is 935. The molecule has 6 heteroatoms. The number of benzene rings is 1. The summed E-state index contributed by atoms with van der Waals surface area (Å²) in [6.45, 7) is 4.52. The fourth-order valence-corrected chi connectivity index (χ4v) is 8.52. The van der Waals surface area contributed by atoms with Gasteiger partial charge in [-0.05, 0) is 73.8 Å². The van der Waals surface area contributed by atoms with Gasteiger partial charge in [0.25, 0.3) is 0 Å². The van der Waals surface area contributed by atoms with E-state index in [1.807, 2.05) is 60.2 Å². The van der Waals surface area contributed by atoms with Crippen LogP contribution in [-0.4, -0.2) is 32.0 Å². The van der Waals surface area contributed by atoms with Crippen LogP contribution in [0.2, 0.25) is 0 Å². The molecule has 0 radical (unpaired) electrons. The Hall–Kier alpha value is -1.53. The Kier molecular flexibility index (Phi) is 11.7. The largest absolute Gasteiger partial charge is 0.426 e. The third-order valence-corrected chi connectivity index (χ3v) is 11.1. The lowest BCUT2D eigenvalue weighted by Crippen LogP contribution is -2.29. The van der Waals surface area contributed by atoms with Crippen molar-refractivity contribution >= 4 is 29.5 Å². The van der Waals surface area contributed by atoms with Gasteiger partial charge in [0.2, 0.25) is 0 Å². The van der Waals surface area contributed by atoms with Crippen LogP contribution in [0.25, 0.3) is 11.4 Å². The van der Waals surface area contributed by atoms with Crippen LogP contribution in [-0.2, 0) is 4.79 Å². The number of carbonyl (C=O) groups excluding carboxylic acids is 1. The molecule has 1 aromatic carbocycles. The van der Waals surface area contributed by atoms with Gasteiger partial charge in [0, 0.05) is 29.5 Å². The second-order valence-electron chi connectivity index (χ2n) is 10.8. The van der Waals surface area contributed by atoms with Gasteiger partial charge < -0.3 is 4.74 Å². The van der Waals surface area contributed by atoms with Crippen molar-refractivity contribution in [2.24, 2.45) is 11.8 Å². The fraction of sp³-hybridized carbons (Fsp3) is 0.645. The van der Waals surface area contributed by atoms with Crippen LogP contribution in [0.3, 0.4) is 0 Å². The molecule has 0 unspecified atom stereocenters. The Morgan fingerprint density at radius 2 is 1.49 bits per heavy atom. The van der Waals surface area contributed by atoms with Crippen LogP contribution >= 0.6 is 23.5 Å². The molecule has 0 amide bonds. The molecule has 4 nitrogen and oxygen atoms in total. The van der Waals surface area contributed by atoms with Crippen molar-refractivity contribution in [3.63, 3.8) is 0 Å². The van der Waals surface area contributed by atoms with Gasteiger partial charge in [0.1, 0.15) is 5.75 Å². The number of nitrogens with zero attached hydrogens (tertiary/aromatic N) is 2. The SMILES string of the molecule is CCCCC[C@H]1CC[C@H](c2cnc(-c3ccc(OC(=O)[C@H]4CS[C@H](CCCCC)SC4)cc3)nc2)CC1. The molecule has 1 aliphatic carbocycles. The van der Waals surface area contributed by atoms with E-state index in [1.165, 1.54) is 82.6 Å². The lowest BCUT2D eigenvalue weighted by molar-refractivity contribution is -0.137. The molecule has 1 saturated heterocycles. The number of hydrogen-bond acceptors (Lipinski definition) is 6. The smallest absolute Gasteiger partial charge is 0.316 e. The van der Waals surface area contributed by atoms with Gasteiger partial charge >= 0.3 is 5.97 Å². The van der Waals surface area contributed by atoms with Crippen LogP contribution in [0, 0.1) is 11.8 Å². The van der Waals surface area contributed by atoms with Gasteiger partial charge in [-0.25, -0.2) is 9.97 Å². The summed E-state index contributed by atoms with van der Waals surface area (Å²) in [7, 11) is 0. The predicted octanol–water partition coefficient (Wildman–Crippen LogP) is 8.91. The van der Waals surface area contributed by atoms with Crippen molar-refractivity contribution < 1.29 is 9.53 Å². The lowest BCUT2D eigenvalue weighted by Gasteiger charge is -2.28. The first kappa shape index (κ1) is 28.5. The summed E-state index contributed by atoms with van der Waals surface area (Å²) in [6, 6.07) is 7.63. The molecular weight excluding hydrogens is 496 g/mol. The van der Waals surface area contributed by atoms with E-state index >= 15 is 0 Å². The summed E-state index contributed by atoms with van der Waals surface area (Å²) < 4.78 is 6.34. The lowest BCUT2D eigenvalue weighted by atomic mass is 9.77. The Labute approximate surface area is 232 Å². The van der Waals surface area contributed by atoms with Crippen LogP contribution < -0.4 is 4.74 Å². The first-order valence-electron chi connectivity index (χ1n) is 14.5. The monoisotopic (exact) mass is 540 g/mol. The molecule has 1 aliphatic heterocycles. The van der Waals surface area contributed by atoms with Gasteiger partial charge in [-0.15, -0.1) is 23.5 Å². The molecule has 0 atom stereocenters. The molecule has 0 spiro atoms. The minimum Gasteiger partial charge on any atom is -0.426 e. The third kappa shape index (κ3) is 8.74. The second-order valence-corrected chi connectivity index (χ2v) is 13.6. The molecule has 1 aromatic heterocycles. The van der Waals surface area contributed by atoms with Crippen LogP contribution in [0.1, 0.15) is 102 Å². The Balaban J connectivity index is 1.22. The minimum atomic E-state index is -0.111. The highest BCUT2D eigenvalue weighted by Gasteiger charge is 2.28. The number of esters is 1. The topological polar surface area (TPSA) is 52.1 Å². The minimum absolute atomic E-state index is 0.0283. The van der Waals surface area contributed by atoms with Crippen molar-refractivity contribution in [3.05, 3.63) is 42.2 Å². The number of rotatable bonds is 12. The number of hydrogen-bond donors (Lipinski definition) is 0. The zero-order valence-electron chi connectivity index (χ0n) is 22.7. The van der Waals surface area contributed by atoms with E-state index in [9.17, 15) is 4.79 Å². The van der Waals surface area contributed by atoms with E-state index in [4.69, 9.17) is 4.74 Å². The van der Waals surface area contributed by atoms with E-state index in [0.29, 0.717) is 16.2 Å². The van der Waals surface area contributed by atoms with Crippen molar-refractivity contribution in [3.8, 4) is 17.1 Å². The van der Waals surface area contributed by atoms with Crippen molar-refractivity contribution in [1.82, 2.24) is 9.97 Å². The number of ether oxygens (including phenoxy) is 1. The molecule has 4 rings (SSSR count). The average molecular weight is 541 g/mol. The van der Waals surface area contributed by atoms with E-state index in [1.54, 1.807) is 0 Å². The summed E-state index contributed by atoms with van der Waals surface area (Å²) in [5.74, 6) is 4.42. The summed E-state index contributed by atoms with van der Waals surface area (Å²) in [4.78, 5) is 22.0. The molecule has 2 aliphatic rings. The maximum atomic E-state index is 12.7. The molecule has 202 valence electrons. The number of thioether (sulfide) groups is 2. The first-order chi connectivity index (χ1) is 18.2. The Morgan fingerprint density at radius 1 is 0.865 bits per heavy atom. The predicted molar refractivity (Wildman–Crippen MR) is 158 cm³/mol. The molecular formula is C31H44N2O2S2. The molecule has 0 N–H and O–H groups in total. The molecule has 2 aromatic rings. The summed E-state index contributed by atoms with van der Waals surface area (Å²) in [6.07, 6.45) is 19.8. The highest BCUT2D eigenvalue weighted by molar-refractivity contribution is 8.17. The standard InChI is InChI=1S/C31H44N2O2S2/c1-3-5-7-9-23-11-13-24(14-12-23)26-19-32-30(33-20-26)25-15-17-28(18-16-25)35-31(34)27-21-36-29(37-22-27)10-8-6-4-2/h15-20,23-24,27,29H,3-14,21-22H2,1-2H3/t23-,24-,27-,29-. The third-order valence-electron chi connectivity index (χ3n) is 7.88.